The Morgan fingerprint density at radius 2 is 1.31 bits per heavy atom. The molecule has 3 nitrogen and oxygen atoms in total. The first-order valence-corrected chi connectivity index (χ1v) is 9.06. The van der Waals surface area contributed by atoms with E-state index in [1.165, 1.54) is 6.92 Å². The molecule has 3 aromatic rings. The molecular formula is C22H18BrNO2. The molecule has 3 rings (SSSR count). The maximum atomic E-state index is 12.7. The largest absolute Gasteiger partial charge is 0.341 e. The number of nitrogens with one attached hydrogen (secondary N) is 1. The number of rotatable bonds is 5. The molecule has 0 saturated carbocycles. The molecule has 1 atom stereocenters. The molecule has 1 unspecified atom stereocenters. The molecule has 26 heavy (non-hydrogen) atoms. The van der Waals surface area contributed by atoms with Crippen LogP contribution in [0.5, 0.6) is 0 Å². The first-order chi connectivity index (χ1) is 12.5. The molecule has 3 aromatic carbocycles. The van der Waals surface area contributed by atoms with E-state index in [1.54, 1.807) is 24.3 Å². The third-order valence-corrected chi connectivity index (χ3v) is 4.69. The molecule has 130 valence electrons. The van der Waals surface area contributed by atoms with Crippen molar-refractivity contribution in [2.75, 3.05) is 0 Å². The number of amides is 1. The van der Waals surface area contributed by atoms with Gasteiger partial charge in [-0.3, -0.25) is 9.59 Å². The molecule has 0 saturated heterocycles. The van der Waals surface area contributed by atoms with Crippen molar-refractivity contribution in [2.24, 2.45) is 0 Å². The fourth-order valence-electron chi connectivity index (χ4n) is 2.73. The molecule has 0 aliphatic carbocycles. The molecule has 0 heterocycles. The minimum atomic E-state index is -0.260. The Labute approximate surface area is 161 Å². The predicted molar refractivity (Wildman–Crippen MR) is 106 cm³/mol. The number of benzene rings is 3. The lowest BCUT2D eigenvalue weighted by atomic mass is 9.98. The smallest absolute Gasteiger partial charge is 0.252 e. The molecule has 4 heteroatoms. The van der Waals surface area contributed by atoms with Gasteiger partial charge in [-0.25, -0.2) is 0 Å². The molecule has 0 radical (unpaired) electrons. The van der Waals surface area contributed by atoms with Crippen molar-refractivity contribution in [3.63, 3.8) is 0 Å². The summed E-state index contributed by atoms with van der Waals surface area (Å²) in [5.41, 5.74) is 3.11. The van der Waals surface area contributed by atoms with Gasteiger partial charge in [-0.05, 0) is 42.3 Å². The average molecular weight is 408 g/mol. The van der Waals surface area contributed by atoms with Gasteiger partial charge in [0, 0.05) is 15.6 Å². The lowest BCUT2D eigenvalue weighted by Gasteiger charge is -2.20. The van der Waals surface area contributed by atoms with E-state index in [-0.39, 0.29) is 17.7 Å². The van der Waals surface area contributed by atoms with Crippen LogP contribution in [0.25, 0.3) is 0 Å². The summed E-state index contributed by atoms with van der Waals surface area (Å²) in [6.07, 6.45) is 0. The highest BCUT2D eigenvalue weighted by Crippen LogP contribution is 2.24. The van der Waals surface area contributed by atoms with Gasteiger partial charge in [-0.2, -0.15) is 0 Å². The monoisotopic (exact) mass is 407 g/mol. The molecule has 0 spiro atoms. The van der Waals surface area contributed by atoms with Gasteiger partial charge in [0.15, 0.2) is 5.78 Å². The minimum absolute atomic E-state index is 0.0195. The fraction of sp³-hybridized carbons (Fsp3) is 0.0909. The summed E-state index contributed by atoms with van der Waals surface area (Å²) in [7, 11) is 0. The Hall–Kier alpha value is -2.72. The molecule has 0 aliphatic rings. The summed E-state index contributed by atoms with van der Waals surface area (Å²) in [5.74, 6) is -0.203. The molecule has 1 N–H and O–H groups in total. The van der Waals surface area contributed by atoms with Crippen LogP contribution in [0.2, 0.25) is 0 Å². The first kappa shape index (κ1) is 18.1. The van der Waals surface area contributed by atoms with Crippen LogP contribution in [0.3, 0.4) is 0 Å². The van der Waals surface area contributed by atoms with Crippen molar-refractivity contribution in [3.05, 3.63) is 106 Å². The summed E-state index contributed by atoms with van der Waals surface area (Å²) >= 11 is 3.44. The number of carbonyl (C=O) groups is 2. The molecule has 0 aromatic heterocycles. The molecule has 0 fully saturated rings. The fourth-order valence-corrected chi connectivity index (χ4v) is 2.99. The maximum Gasteiger partial charge on any atom is 0.252 e. The topological polar surface area (TPSA) is 46.2 Å². The van der Waals surface area contributed by atoms with E-state index in [2.05, 4.69) is 21.2 Å². The summed E-state index contributed by atoms with van der Waals surface area (Å²) < 4.78 is 0.985. The lowest BCUT2D eigenvalue weighted by Crippen LogP contribution is -2.29. The number of hydrogen-bond acceptors (Lipinski definition) is 2. The second-order valence-electron chi connectivity index (χ2n) is 6.00. The number of hydrogen-bond donors (Lipinski definition) is 1. The van der Waals surface area contributed by atoms with E-state index in [0.717, 1.165) is 15.6 Å². The normalized spacial score (nSPS) is 11.6. The zero-order valence-electron chi connectivity index (χ0n) is 14.3. The number of carbonyl (C=O) groups excluding carboxylic acids is 2. The first-order valence-electron chi connectivity index (χ1n) is 8.27. The standard InChI is InChI=1S/C22H18BrNO2/c1-15(25)16-7-9-19(10-8-16)22(26)24-21(17-5-3-2-4-6-17)18-11-13-20(23)14-12-18/h2-14,21H,1H3,(H,24,26). The summed E-state index contributed by atoms with van der Waals surface area (Å²) in [6, 6.07) is 24.2. The van der Waals surface area contributed by atoms with Crippen LogP contribution in [0.4, 0.5) is 0 Å². The van der Waals surface area contributed by atoms with Crippen molar-refractivity contribution in [1.29, 1.82) is 0 Å². The second kappa shape index (κ2) is 8.11. The molecule has 0 bridgehead atoms. The third kappa shape index (κ3) is 4.27. The zero-order valence-corrected chi connectivity index (χ0v) is 15.9. The van der Waals surface area contributed by atoms with Gasteiger partial charge in [0.1, 0.15) is 0 Å². The van der Waals surface area contributed by atoms with Crippen LogP contribution >= 0.6 is 15.9 Å². The number of Topliss-reactive ketones (excluding diaryl/α,β-unsaturated/α-hetero) is 1. The van der Waals surface area contributed by atoms with Gasteiger partial charge in [0.25, 0.3) is 5.91 Å². The highest BCUT2D eigenvalue weighted by molar-refractivity contribution is 9.10. The van der Waals surface area contributed by atoms with E-state index < -0.39 is 0 Å². The third-order valence-electron chi connectivity index (χ3n) is 4.17. The van der Waals surface area contributed by atoms with E-state index >= 15 is 0 Å². The van der Waals surface area contributed by atoms with Crippen molar-refractivity contribution >= 4 is 27.6 Å². The van der Waals surface area contributed by atoms with Gasteiger partial charge in [0.2, 0.25) is 0 Å². The maximum absolute atomic E-state index is 12.7. The van der Waals surface area contributed by atoms with Crippen molar-refractivity contribution in [2.45, 2.75) is 13.0 Å². The highest BCUT2D eigenvalue weighted by Gasteiger charge is 2.18. The van der Waals surface area contributed by atoms with Gasteiger partial charge in [0.05, 0.1) is 6.04 Å². The summed E-state index contributed by atoms with van der Waals surface area (Å²) in [4.78, 5) is 24.1. The Bertz CT molecular complexity index is 903. The Kier molecular flexibility index (Phi) is 5.64. The molecular weight excluding hydrogens is 390 g/mol. The van der Waals surface area contributed by atoms with Crippen molar-refractivity contribution < 1.29 is 9.59 Å². The van der Waals surface area contributed by atoms with E-state index in [1.807, 2.05) is 54.6 Å². The van der Waals surface area contributed by atoms with Crippen LogP contribution in [0.1, 0.15) is 44.8 Å². The zero-order chi connectivity index (χ0) is 18.5. The van der Waals surface area contributed by atoms with E-state index in [4.69, 9.17) is 0 Å². The summed E-state index contributed by atoms with van der Waals surface area (Å²) in [5, 5.41) is 3.09. The van der Waals surface area contributed by atoms with E-state index in [9.17, 15) is 9.59 Å². The quantitative estimate of drug-likeness (QED) is 0.592. The predicted octanol–water partition coefficient (Wildman–Crippen LogP) is 5.17. The van der Waals surface area contributed by atoms with Crippen LogP contribution in [0, 0.1) is 0 Å². The Morgan fingerprint density at radius 1 is 0.769 bits per heavy atom. The SMILES string of the molecule is CC(=O)c1ccc(C(=O)NC(c2ccccc2)c2ccc(Br)cc2)cc1. The number of ketones is 1. The molecule has 0 aliphatic heterocycles. The van der Waals surface area contributed by atoms with Crippen LogP contribution in [0.15, 0.2) is 83.3 Å². The average Bonchev–Trinajstić information content (AvgIpc) is 2.67. The van der Waals surface area contributed by atoms with Gasteiger partial charge >= 0.3 is 0 Å². The van der Waals surface area contributed by atoms with Crippen molar-refractivity contribution in [3.8, 4) is 0 Å². The lowest BCUT2D eigenvalue weighted by molar-refractivity contribution is 0.0941. The van der Waals surface area contributed by atoms with Crippen LogP contribution in [-0.4, -0.2) is 11.7 Å². The summed E-state index contributed by atoms with van der Waals surface area (Å²) in [6.45, 7) is 1.51. The second-order valence-corrected chi connectivity index (χ2v) is 6.92. The van der Waals surface area contributed by atoms with Gasteiger partial charge < -0.3 is 5.32 Å². The van der Waals surface area contributed by atoms with E-state index in [0.29, 0.717) is 11.1 Å². The van der Waals surface area contributed by atoms with Crippen LogP contribution in [-0.2, 0) is 0 Å². The Balaban J connectivity index is 1.89. The Morgan fingerprint density at radius 3 is 1.88 bits per heavy atom. The highest BCUT2D eigenvalue weighted by atomic mass is 79.9. The van der Waals surface area contributed by atoms with Gasteiger partial charge in [-0.15, -0.1) is 0 Å². The minimum Gasteiger partial charge on any atom is -0.341 e. The van der Waals surface area contributed by atoms with Crippen LogP contribution < -0.4 is 5.32 Å². The van der Waals surface area contributed by atoms with Crippen molar-refractivity contribution in [1.82, 2.24) is 5.32 Å². The number of halogens is 1. The molecule has 1 amide bonds. The van der Waals surface area contributed by atoms with Gasteiger partial charge in [-0.1, -0.05) is 70.5 Å².